The van der Waals surface area contributed by atoms with E-state index in [1.54, 1.807) is 0 Å². The maximum atomic E-state index is 5.87. The minimum atomic E-state index is 0.0928. The molecule has 0 radical (unpaired) electrons. The Morgan fingerprint density at radius 2 is 2.33 bits per heavy atom. The summed E-state index contributed by atoms with van der Waals surface area (Å²) < 4.78 is 11.3. The Hall–Kier alpha value is -0.160. The van der Waals surface area contributed by atoms with E-state index in [2.05, 4.69) is 24.1 Å². The van der Waals surface area contributed by atoms with Gasteiger partial charge in [0.05, 0.1) is 25.4 Å². The van der Waals surface area contributed by atoms with E-state index >= 15 is 0 Å². The summed E-state index contributed by atoms with van der Waals surface area (Å²) in [5, 5.41) is 3.24. The molecule has 1 N–H and O–H groups in total. The Morgan fingerprint density at radius 1 is 1.53 bits per heavy atom. The zero-order valence-electron chi connectivity index (χ0n) is 9.79. The van der Waals surface area contributed by atoms with Gasteiger partial charge in [0.25, 0.3) is 0 Å². The molecule has 2 fully saturated rings. The van der Waals surface area contributed by atoms with Crippen LogP contribution in [-0.4, -0.2) is 62.5 Å². The summed E-state index contributed by atoms with van der Waals surface area (Å²) in [5.41, 5.74) is 0.0928. The van der Waals surface area contributed by atoms with E-state index in [1.807, 2.05) is 0 Å². The van der Waals surface area contributed by atoms with Gasteiger partial charge in [-0.15, -0.1) is 0 Å². The van der Waals surface area contributed by atoms with Crippen molar-refractivity contribution in [1.82, 2.24) is 10.2 Å². The molecule has 0 aliphatic carbocycles. The molecule has 0 saturated carbocycles. The van der Waals surface area contributed by atoms with E-state index in [-0.39, 0.29) is 5.60 Å². The average Bonchev–Trinajstić information content (AvgIpc) is 2.18. The fourth-order valence-electron chi connectivity index (χ4n) is 2.08. The van der Waals surface area contributed by atoms with Crippen molar-refractivity contribution in [3.05, 3.63) is 0 Å². The number of rotatable bonds is 4. The Bertz CT molecular complexity index is 207. The van der Waals surface area contributed by atoms with Crippen LogP contribution in [-0.2, 0) is 9.47 Å². The lowest BCUT2D eigenvalue weighted by Gasteiger charge is -2.40. The molecule has 0 aromatic rings. The molecule has 15 heavy (non-hydrogen) atoms. The molecule has 1 unspecified atom stereocenters. The number of nitrogens with one attached hydrogen (secondary N) is 1. The molecule has 0 amide bonds. The molecular formula is C11H22N2O2. The van der Waals surface area contributed by atoms with Gasteiger partial charge in [0.2, 0.25) is 0 Å². The standard InChI is InChI=1S/C11H22N2O2/c1-10-7-14-5-3-13(10)4-6-15-11(2)8-12-9-11/h10,12H,3-9H2,1-2H3. The van der Waals surface area contributed by atoms with Crippen LogP contribution < -0.4 is 5.32 Å². The fraction of sp³-hybridized carbons (Fsp3) is 1.00. The second-order valence-corrected chi connectivity index (χ2v) is 4.86. The Morgan fingerprint density at radius 3 is 2.93 bits per heavy atom. The predicted octanol–water partition coefficient (Wildman–Crippen LogP) is 0.0856. The van der Waals surface area contributed by atoms with Crippen LogP contribution in [0.15, 0.2) is 0 Å². The van der Waals surface area contributed by atoms with Gasteiger partial charge in [-0.3, -0.25) is 4.90 Å². The molecule has 0 spiro atoms. The third kappa shape index (κ3) is 2.91. The van der Waals surface area contributed by atoms with Gasteiger partial charge in [-0.2, -0.15) is 0 Å². The smallest absolute Gasteiger partial charge is 0.0902 e. The van der Waals surface area contributed by atoms with E-state index < -0.39 is 0 Å². The number of ether oxygens (including phenoxy) is 2. The molecule has 4 nitrogen and oxygen atoms in total. The first-order valence-corrected chi connectivity index (χ1v) is 5.86. The molecule has 0 bridgehead atoms. The minimum absolute atomic E-state index is 0.0928. The number of nitrogens with zero attached hydrogens (tertiary/aromatic N) is 1. The van der Waals surface area contributed by atoms with E-state index in [9.17, 15) is 0 Å². The Labute approximate surface area is 91.9 Å². The zero-order chi connectivity index (χ0) is 10.7. The van der Waals surface area contributed by atoms with Gasteiger partial charge in [-0.1, -0.05) is 0 Å². The fourth-order valence-corrected chi connectivity index (χ4v) is 2.08. The molecule has 2 heterocycles. The van der Waals surface area contributed by atoms with E-state index in [1.165, 1.54) is 0 Å². The van der Waals surface area contributed by atoms with Gasteiger partial charge in [0.15, 0.2) is 0 Å². The average molecular weight is 214 g/mol. The summed E-state index contributed by atoms with van der Waals surface area (Å²) in [5.74, 6) is 0. The molecule has 2 aliphatic heterocycles. The Kier molecular flexibility index (Phi) is 3.61. The molecule has 4 heteroatoms. The quantitative estimate of drug-likeness (QED) is 0.719. The maximum Gasteiger partial charge on any atom is 0.0902 e. The first kappa shape index (κ1) is 11.3. The largest absolute Gasteiger partial charge is 0.379 e. The lowest BCUT2D eigenvalue weighted by Crippen LogP contribution is -2.59. The van der Waals surface area contributed by atoms with Crippen molar-refractivity contribution in [2.75, 3.05) is 46.0 Å². The van der Waals surface area contributed by atoms with Crippen molar-refractivity contribution >= 4 is 0 Å². The van der Waals surface area contributed by atoms with Crippen LogP contribution in [0.3, 0.4) is 0 Å². The maximum absolute atomic E-state index is 5.87. The van der Waals surface area contributed by atoms with E-state index in [0.717, 1.165) is 46.0 Å². The first-order valence-electron chi connectivity index (χ1n) is 5.86. The van der Waals surface area contributed by atoms with Crippen molar-refractivity contribution in [3.8, 4) is 0 Å². The first-order chi connectivity index (χ1) is 7.20. The van der Waals surface area contributed by atoms with Crippen LogP contribution in [0.25, 0.3) is 0 Å². The summed E-state index contributed by atoms with van der Waals surface area (Å²) in [7, 11) is 0. The summed E-state index contributed by atoms with van der Waals surface area (Å²) >= 11 is 0. The molecule has 88 valence electrons. The second-order valence-electron chi connectivity index (χ2n) is 4.86. The van der Waals surface area contributed by atoms with Gasteiger partial charge in [-0.05, 0) is 13.8 Å². The zero-order valence-corrected chi connectivity index (χ0v) is 9.79. The van der Waals surface area contributed by atoms with Gasteiger partial charge in [-0.25, -0.2) is 0 Å². The number of hydrogen-bond donors (Lipinski definition) is 1. The van der Waals surface area contributed by atoms with Crippen LogP contribution in [0, 0.1) is 0 Å². The summed E-state index contributed by atoms with van der Waals surface area (Å²) in [4.78, 5) is 2.44. The van der Waals surface area contributed by atoms with Gasteiger partial charge >= 0.3 is 0 Å². The highest BCUT2D eigenvalue weighted by Crippen LogP contribution is 2.15. The van der Waals surface area contributed by atoms with Crippen molar-refractivity contribution in [1.29, 1.82) is 0 Å². The van der Waals surface area contributed by atoms with Crippen molar-refractivity contribution in [3.63, 3.8) is 0 Å². The van der Waals surface area contributed by atoms with E-state index in [0.29, 0.717) is 6.04 Å². The SMILES string of the molecule is CC1COCCN1CCOC1(C)CNC1. The van der Waals surface area contributed by atoms with Crippen LogP contribution in [0.5, 0.6) is 0 Å². The van der Waals surface area contributed by atoms with Crippen LogP contribution in [0.4, 0.5) is 0 Å². The number of hydrogen-bond acceptors (Lipinski definition) is 4. The third-order valence-corrected chi connectivity index (χ3v) is 3.33. The van der Waals surface area contributed by atoms with Crippen molar-refractivity contribution in [2.24, 2.45) is 0 Å². The summed E-state index contributed by atoms with van der Waals surface area (Å²) in [6.07, 6.45) is 0. The van der Waals surface area contributed by atoms with Gasteiger partial charge < -0.3 is 14.8 Å². The normalized spacial score (nSPS) is 31.2. The molecule has 2 rings (SSSR count). The minimum Gasteiger partial charge on any atom is -0.379 e. The predicted molar refractivity (Wildman–Crippen MR) is 59.1 cm³/mol. The monoisotopic (exact) mass is 214 g/mol. The molecule has 0 aromatic heterocycles. The second kappa shape index (κ2) is 4.78. The molecule has 1 atom stereocenters. The van der Waals surface area contributed by atoms with Crippen molar-refractivity contribution in [2.45, 2.75) is 25.5 Å². The van der Waals surface area contributed by atoms with Crippen LogP contribution in [0.1, 0.15) is 13.8 Å². The van der Waals surface area contributed by atoms with Gasteiger partial charge in [0, 0.05) is 32.2 Å². The highest BCUT2D eigenvalue weighted by molar-refractivity contribution is 4.90. The highest BCUT2D eigenvalue weighted by Gasteiger charge is 2.32. The molecule has 2 saturated heterocycles. The lowest BCUT2D eigenvalue weighted by atomic mass is 10.0. The third-order valence-electron chi connectivity index (χ3n) is 3.33. The van der Waals surface area contributed by atoms with Crippen LogP contribution >= 0.6 is 0 Å². The van der Waals surface area contributed by atoms with Crippen LogP contribution in [0.2, 0.25) is 0 Å². The summed E-state index contributed by atoms with van der Waals surface area (Å²) in [6.45, 7) is 11.0. The number of morpholine rings is 1. The molecule has 0 aromatic carbocycles. The van der Waals surface area contributed by atoms with E-state index in [4.69, 9.17) is 9.47 Å². The highest BCUT2D eigenvalue weighted by atomic mass is 16.5. The molecule has 2 aliphatic rings. The van der Waals surface area contributed by atoms with Gasteiger partial charge in [0.1, 0.15) is 0 Å². The Balaban J connectivity index is 1.64. The van der Waals surface area contributed by atoms with Crippen molar-refractivity contribution < 1.29 is 9.47 Å². The summed E-state index contributed by atoms with van der Waals surface area (Å²) in [6, 6.07) is 0.537. The lowest BCUT2D eigenvalue weighted by molar-refractivity contribution is -0.0834. The topological polar surface area (TPSA) is 33.7 Å². The molecular weight excluding hydrogens is 192 g/mol.